The van der Waals surface area contributed by atoms with Crippen LogP contribution in [0, 0.1) is 0 Å². The van der Waals surface area contributed by atoms with Crippen molar-refractivity contribution >= 4 is 11.8 Å². The largest absolute Gasteiger partial charge is 0.377 e. The van der Waals surface area contributed by atoms with Crippen molar-refractivity contribution in [3.05, 3.63) is 59.8 Å². The van der Waals surface area contributed by atoms with Crippen LogP contribution in [0.4, 0.5) is 5.82 Å². The number of rotatable bonds is 7. The van der Waals surface area contributed by atoms with E-state index in [1.807, 2.05) is 25.4 Å². The van der Waals surface area contributed by atoms with Crippen LogP contribution in [0.5, 0.6) is 0 Å². The molecule has 6 heteroatoms. The summed E-state index contributed by atoms with van der Waals surface area (Å²) in [7, 11) is 1.85. The zero-order valence-electron chi connectivity index (χ0n) is 17.0. The summed E-state index contributed by atoms with van der Waals surface area (Å²) in [6.45, 7) is 8.08. The molecule has 2 aromatic rings. The zero-order valence-corrected chi connectivity index (χ0v) is 17.0. The molecule has 0 radical (unpaired) electrons. The number of hydrogen-bond acceptors (Lipinski definition) is 4. The maximum Gasteiger partial charge on any atom is 0.194 e. The Labute approximate surface area is 168 Å². The lowest BCUT2D eigenvalue weighted by atomic mass is 10.1. The van der Waals surface area contributed by atoms with Gasteiger partial charge in [0.05, 0.1) is 6.61 Å². The van der Waals surface area contributed by atoms with E-state index in [2.05, 4.69) is 62.3 Å². The number of piperazine rings is 1. The second kappa shape index (κ2) is 10.7. The molecule has 1 aliphatic rings. The molecule has 0 unspecified atom stereocenters. The molecule has 1 aliphatic heterocycles. The molecule has 0 bridgehead atoms. The molecular weight excluding hydrogens is 350 g/mol. The van der Waals surface area contributed by atoms with Gasteiger partial charge in [0.15, 0.2) is 5.96 Å². The quantitative estimate of drug-likeness (QED) is 0.454. The molecule has 1 N–H and O–H groups in total. The number of guanidine groups is 1. The molecule has 28 heavy (non-hydrogen) atoms. The summed E-state index contributed by atoms with van der Waals surface area (Å²) < 4.78 is 5.73. The number of pyridine rings is 1. The van der Waals surface area contributed by atoms with Crippen LogP contribution >= 0.6 is 0 Å². The van der Waals surface area contributed by atoms with E-state index in [0.29, 0.717) is 6.61 Å². The first kappa shape index (κ1) is 20.1. The third-order valence-corrected chi connectivity index (χ3v) is 4.93. The smallest absolute Gasteiger partial charge is 0.194 e. The topological polar surface area (TPSA) is 53.0 Å². The summed E-state index contributed by atoms with van der Waals surface area (Å²) >= 11 is 0. The van der Waals surface area contributed by atoms with Crippen LogP contribution in [0.1, 0.15) is 24.5 Å². The van der Waals surface area contributed by atoms with E-state index < -0.39 is 0 Å². The van der Waals surface area contributed by atoms with Crippen molar-refractivity contribution in [3.63, 3.8) is 0 Å². The lowest BCUT2D eigenvalue weighted by Gasteiger charge is -2.37. The first-order valence-corrected chi connectivity index (χ1v) is 10.1. The van der Waals surface area contributed by atoms with Crippen LogP contribution in [0.15, 0.2) is 53.7 Å². The van der Waals surface area contributed by atoms with Crippen molar-refractivity contribution < 1.29 is 4.74 Å². The number of nitrogens with zero attached hydrogens (tertiary/aromatic N) is 4. The second-order valence-electron chi connectivity index (χ2n) is 6.88. The molecule has 0 saturated carbocycles. The van der Waals surface area contributed by atoms with Gasteiger partial charge in [-0.05, 0) is 29.7 Å². The monoisotopic (exact) mass is 381 g/mol. The summed E-state index contributed by atoms with van der Waals surface area (Å²) in [6.07, 6.45) is 2.89. The number of aromatic nitrogens is 1. The van der Waals surface area contributed by atoms with Crippen LogP contribution in [0.25, 0.3) is 0 Å². The van der Waals surface area contributed by atoms with E-state index >= 15 is 0 Å². The molecule has 0 aliphatic carbocycles. The van der Waals surface area contributed by atoms with Crippen LogP contribution in [0.2, 0.25) is 0 Å². The highest BCUT2D eigenvalue weighted by Gasteiger charge is 2.20. The lowest BCUT2D eigenvalue weighted by molar-refractivity contribution is 0.121. The predicted molar refractivity (Wildman–Crippen MR) is 115 cm³/mol. The minimum absolute atomic E-state index is 0.660. The van der Waals surface area contributed by atoms with Crippen molar-refractivity contribution in [2.24, 2.45) is 4.99 Å². The molecule has 1 saturated heterocycles. The Hall–Kier alpha value is -2.60. The molecule has 1 aromatic carbocycles. The van der Waals surface area contributed by atoms with Crippen molar-refractivity contribution in [2.75, 3.05) is 44.7 Å². The van der Waals surface area contributed by atoms with E-state index in [9.17, 15) is 0 Å². The van der Waals surface area contributed by atoms with E-state index in [1.54, 1.807) is 0 Å². The van der Waals surface area contributed by atoms with Gasteiger partial charge in [-0.3, -0.25) is 4.99 Å². The van der Waals surface area contributed by atoms with E-state index in [0.717, 1.165) is 57.5 Å². The number of nitrogens with one attached hydrogen (secondary N) is 1. The SMILES string of the molecule is CCCOCc1ccccc1CNC(=NC)N1CCN(c2ccccn2)CC1. The van der Waals surface area contributed by atoms with Crippen LogP contribution < -0.4 is 10.2 Å². The summed E-state index contributed by atoms with van der Waals surface area (Å²) in [5, 5.41) is 3.53. The number of hydrogen-bond donors (Lipinski definition) is 1. The van der Waals surface area contributed by atoms with Gasteiger partial charge in [0.25, 0.3) is 0 Å². The second-order valence-corrected chi connectivity index (χ2v) is 6.88. The minimum Gasteiger partial charge on any atom is -0.377 e. The van der Waals surface area contributed by atoms with E-state index in [4.69, 9.17) is 4.74 Å². The number of aliphatic imine (C=N–C) groups is 1. The van der Waals surface area contributed by atoms with Gasteiger partial charge >= 0.3 is 0 Å². The van der Waals surface area contributed by atoms with Crippen molar-refractivity contribution in [2.45, 2.75) is 26.5 Å². The summed E-state index contributed by atoms with van der Waals surface area (Å²) in [5.41, 5.74) is 2.49. The van der Waals surface area contributed by atoms with Gasteiger partial charge < -0.3 is 19.9 Å². The van der Waals surface area contributed by atoms with Gasteiger partial charge in [0.1, 0.15) is 5.82 Å². The maximum absolute atomic E-state index is 5.73. The first-order chi connectivity index (χ1) is 13.8. The molecule has 150 valence electrons. The van der Waals surface area contributed by atoms with Crippen LogP contribution in [-0.2, 0) is 17.9 Å². The van der Waals surface area contributed by atoms with E-state index in [1.165, 1.54) is 11.1 Å². The average Bonchev–Trinajstić information content (AvgIpc) is 2.76. The van der Waals surface area contributed by atoms with Gasteiger partial charge in [-0.15, -0.1) is 0 Å². The minimum atomic E-state index is 0.660. The number of anilines is 1. The lowest BCUT2D eigenvalue weighted by Crippen LogP contribution is -2.52. The van der Waals surface area contributed by atoms with Crippen molar-refractivity contribution in [1.29, 1.82) is 0 Å². The summed E-state index contributed by atoms with van der Waals surface area (Å²) in [6, 6.07) is 14.5. The molecule has 1 fully saturated rings. The molecule has 2 heterocycles. The van der Waals surface area contributed by atoms with Gasteiger partial charge in [0, 0.05) is 52.6 Å². The molecule has 1 aromatic heterocycles. The Bertz CT molecular complexity index is 742. The molecule has 0 amide bonds. The predicted octanol–water partition coefficient (Wildman–Crippen LogP) is 2.91. The van der Waals surface area contributed by atoms with Gasteiger partial charge in [-0.1, -0.05) is 37.3 Å². The van der Waals surface area contributed by atoms with Crippen LogP contribution in [-0.4, -0.2) is 55.7 Å². The Morgan fingerprint density at radius 3 is 2.50 bits per heavy atom. The normalized spacial score (nSPS) is 15.0. The number of ether oxygens (including phenoxy) is 1. The van der Waals surface area contributed by atoms with Crippen LogP contribution in [0.3, 0.4) is 0 Å². The van der Waals surface area contributed by atoms with Crippen molar-refractivity contribution in [3.8, 4) is 0 Å². The van der Waals surface area contributed by atoms with E-state index in [-0.39, 0.29) is 0 Å². The maximum atomic E-state index is 5.73. The summed E-state index contributed by atoms with van der Waals surface area (Å²) in [4.78, 5) is 13.6. The first-order valence-electron chi connectivity index (χ1n) is 10.1. The molecule has 0 atom stereocenters. The molecule has 6 nitrogen and oxygen atoms in total. The Morgan fingerprint density at radius 1 is 1.07 bits per heavy atom. The Kier molecular flexibility index (Phi) is 7.67. The molecule has 3 rings (SSSR count). The highest BCUT2D eigenvalue weighted by molar-refractivity contribution is 5.80. The number of benzene rings is 1. The molecular formula is C22H31N5O. The average molecular weight is 382 g/mol. The van der Waals surface area contributed by atoms with Gasteiger partial charge in [-0.25, -0.2) is 4.98 Å². The third-order valence-electron chi connectivity index (χ3n) is 4.93. The fourth-order valence-corrected chi connectivity index (χ4v) is 3.39. The summed E-state index contributed by atoms with van der Waals surface area (Å²) in [5.74, 6) is 2.00. The van der Waals surface area contributed by atoms with Crippen molar-refractivity contribution in [1.82, 2.24) is 15.2 Å². The zero-order chi connectivity index (χ0) is 19.6. The highest BCUT2D eigenvalue weighted by Crippen LogP contribution is 2.13. The fraction of sp³-hybridized carbons (Fsp3) is 0.455. The molecule has 0 spiro atoms. The third kappa shape index (κ3) is 5.45. The standard InChI is InChI=1S/C22H31N5O/c1-3-16-28-18-20-9-5-4-8-19(20)17-25-22(23-2)27-14-12-26(13-15-27)21-10-6-7-11-24-21/h4-11H,3,12-18H2,1-2H3,(H,23,25). The van der Waals surface area contributed by atoms with Gasteiger partial charge in [-0.2, -0.15) is 0 Å². The van der Waals surface area contributed by atoms with Gasteiger partial charge in [0.2, 0.25) is 0 Å². The highest BCUT2D eigenvalue weighted by atomic mass is 16.5. The Balaban J connectivity index is 1.53. The fourth-order valence-electron chi connectivity index (χ4n) is 3.39. The Morgan fingerprint density at radius 2 is 1.82 bits per heavy atom.